The van der Waals surface area contributed by atoms with Crippen molar-refractivity contribution in [2.75, 3.05) is 0 Å². The van der Waals surface area contributed by atoms with Crippen LogP contribution in [0.3, 0.4) is 0 Å². The van der Waals surface area contributed by atoms with Crippen LogP contribution in [-0.4, -0.2) is 26.7 Å². The van der Waals surface area contributed by atoms with Gasteiger partial charge in [0, 0.05) is 6.54 Å². The van der Waals surface area contributed by atoms with Crippen molar-refractivity contribution in [2.45, 2.75) is 44.1 Å². The van der Waals surface area contributed by atoms with Gasteiger partial charge < -0.3 is 5.73 Å². The molecule has 0 fully saturated rings. The van der Waals surface area contributed by atoms with Crippen LogP contribution < -0.4 is 16.6 Å². The van der Waals surface area contributed by atoms with Gasteiger partial charge in [-0.25, -0.2) is 9.78 Å². The third-order valence-corrected chi connectivity index (χ3v) is 4.74. The largest absolute Gasteiger partial charge is 0.351 e. The molecule has 3 amide bonds. The molecule has 2 rings (SSSR count). The second kappa shape index (κ2) is 8.15. The number of primary amides is 1. The van der Waals surface area contributed by atoms with Gasteiger partial charge in [0.15, 0.2) is 5.16 Å². The smallest absolute Gasteiger partial charge is 0.318 e. The van der Waals surface area contributed by atoms with Gasteiger partial charge >= 0.3 is 6.03 Å². The molecule has 2 aromatic rings. The van der Waals surface area contributed by atoms with E-state index in [1.54, 1.807) is 29.7 Å². The molecule has 8 heteroatoms. The summed E-state index contributed by atoms with van der Waals surface area (Å²) < 4.78 is 1.60. The zero-order chi connectivity index (χ0) is 18.6. The predicted molar refractivity (Wildman–Crippen MR) is 98.5 cm³/mol. The van der Waals surface area contributed by atoms with E-state index in [2.05, 4.69) is 18.8 Å². The number of hydrogen-bond donors (Lipinski definition) is 2. The number of imide groups is 1. The number of thioether (sulfide) groups is 1. The molecule has 1 heterocycles. The summed E-state index contributed by atoms with van der Waals surface area (Å²) in [6, 6.07) is 6.22. The topological polar surface area (TPSA) is 107 Å². The number of amides is 3. The lowest BCUT2D eigenvalue weighted by molar-refractivity contribution is -0.119. The standard InChI is InChI=1S/C17H22N4O3S/c1-10(2)8-9-21-15(23)12-6-4-5-7-13(12)19-17(21)25-11(3)14(22)20-16(18)24/h4-7,10-11H,8-9H2,1-3H3,(H3,18,20,22,24). The van der Waals surface area contributed by atoms with E-state index in [1.165, 1.54) is 0 Å². The minimum absolute atomic E-state index is 0.128. The molecule has 0 aliphatic carbocycles. The van der Waals surface area contributed by atoms with Crippen molar-refractivity contribution >= 4 is 34.6 Å². The molecule has 1 aromatic carbocycles. The third-order valence-electron chi connectivity index (χ3n) is 3.65. The van der Waals surface area contributed by atoms with Crippen LogP contribution in [-0.2, 0) is 11.3 Å². The summed E-state index contributed by atoms with van der Waals surface area (Å²) in [7, 11) is 0. The average Bonchev–Trinajstić information content (AvgIpc) is 2.53. The van der Waals surface area contributed by atoms with E-state index in [-0.39, 0.29) is 5.56 Å². The molecule has 0 aliphatic rings. The van der Waals surface area contributed by atoms with Gasteiger partial charge in [-0.3, -0.25) is 19.5 Å². The second-order valence-corrected chi connectivity index (χ2v) is 7.47. The van der Waals surface area contributed by atoms with Crippen LogP contribution >= 0.6 is 11.8 Å². The SMILES string of the molecule is CC(C)CCn1c(SC(C)C(=O)NC(N)=O)nc2ccccc2c1=O. The summed E-state index contributed by atoms with van der Waals surface area (Å²) in [6.45, 7) is 6.31. The Bertz CT molecular complexity index is 847. The van der Waals surface area contributed by atoms with Gasteiger partial charge in [0.05, 0.1) is 16.2 Å². The number of hydrogen-bond acceptors (Lipinski definition) is 5. The molecule has 0 aliphatic heterocycles. The first-order chi connectivity index (χ1) is 11.8. The van der Waals surface area contributed by atoms with Gasteiger partial charge in [-0.2, -0.15) is 0 Å². The number of fused-ring (bicyclic) bond motifs is 1. The van der Waals surface area contributed by atoms with Gasteiger partial charge in [0.25, 0.3) is 5.56 Å². The second-order valence-electron chi connectivity index (χ2n) is 6.16. The van der Waals surface area contributed by atoms with Gasteiger partial charge in [-0.05, 0) is 31.4 Å². The molecular weight excluding hydrogens is 340 g/mol. The third kappa shape index (κ3) is 4.82. The summed E-state index contributed by atoms with van der Waals surface area (Å²) in [5.41, 5.74) is 5.44. The highest BCUT2D eigenvalue weighted by Crippen LogP contribution is 2.23. The lowest BCUT2D eigenvalue weighted by Gasteiger charge is -2.16. The number of para-hydroxylation sites is 1. The maximum Gasteiger partial charge on any atom is 0.318 e. The van der Waals surface area contributed by atoms with E-state index in [0.29, 0.717) is 28.5 Å². The Hall–Kier alpha value is -2.35. The maximum atomic E-state index is 12.8. The zero-order valence-electron chi connectivity index (χ0n) is 14.5. The minimum atomic E-state index is -0.902. The van der Waals surface area contributed by atoms with Crippen molar-refractivity contribution in [2.24, 2.45) is 11.7 Å². The fourth-order valence-corrected chi connectivity index (χ4v) is 3.19. The minimum Gasteiger partial charge on any atom is -0.351 e. The number of rotatable bonds is 6. The fraction of sp³-hybridized carbons (Fsp3) is 0.412. The molecule has 1 unspecified atom stereocenters. The number of carbonyl (C=O) groups excluding carboxylic acids is 2. The molecule has 1 atom stereocenters. The molecule has 0 spiro atoms. The van der Waals surface area contributed by atoms with E-state index >= 15 is 0 Å². The summed E-state index contributed by atoms with van der Waals surface area (Å²) in [5.74, 6) is -0.0953. The highest BCUT2D eigenvalue weighted by atomic mass is 32.2. The molecule has 1 aromatic heterocycles. The van der Waals surface area contributed by atoms with Crippen LogP contribution in [0.15, 0.2) is 34.2 Å². The molecular formula is C17H22N4O3S. The van der Waals surface area contributed by atoms with Crippen LogP contribution in [0, 0.1) is 5.92 Å². The Morgan fingerprint density at radius 2 is 1.96 bits per heavy atom. The molecule has 7 nitrogen and oxygen atoms in total. The number of nitrogens with one attached hydrogen (secondary N) is 1. The van der Waals surface area contributed by atoms with E-state index < -0.39 is 17.2 Å². The Labute approximate surface area is 150 Å². The number of urea groups is 1. The maximum absolute atomic E-state index is 12.8. The van der Waals surface area contributed by atoms with Crippen LogP contribution in [0.2, 0.25) is 0 Å². The molecule has 0 bridgehead atoms. The van der Waals surface area contributed by atoms with Crippen molar-refractivity contribution in [3.05, 3.63) is 34.6 Å². The van der Waals surface area contributed by atoms with Crippen molar-refractivity contribution in [1.82, 2.24) is 14.9 Å². The van der Waals surface area contributed by atoms with E-state index in [1.807, 2.05) is 11.4 Å². The predicted octanol–water partition coefficient (Wildman–Crippen LogP) is 2.12. The van der Waals surface area contributed by atoms with Gasteiger partial charge in [-0.1, -0.05) is 37.7 Å². The molecule has 0 saturated heterocycles. The number of aromatic nitrogens is 2. The molecule has 25 heavy (non-hydrogen) atoms. The number of nitrogens with zero attached hydrogens (tertiary/aromatic N) is 2. The van der Waals surface area contributed by atoms with Crippen molar-refractivity contribution < 1.29 is 9.59 Å². The highest BCUT2D eigenvalue weighted by Gasteiger charge is 2.20. The first kappa shape index (κ1) is 19.0. The van der Waals surface area contributed by atoms with Crippen LogP contribution in [0.5, 0.6) is 0 Å². The fourth-order valence-electron chi connectivity index (χ4n) is 2.26. The van der Waals surface area contributed by atoms with Gasteiger partial charge in [0.2, 0.25) is 5.91 Å². The first-order valence-corrected chi connectivity index (χ1v) is 8.94. The van der Waals surface area contributed by atoms with Crippen LogP contribution in [0.1, 0.15) is 27.2 Å². The number of nitrogens with two attached hydrogens (primary N) is 1. The zero-order valence-corrected chi connectivity index (χ0v) is 15.3. The Kier molecular flexibility index (Phi) is 6.19. The van der Waals surface area contributed by atoms with Crippen molar-refractivity contribution in [3.63, 3.8) is 0 Å². The van der Waals surface area contributed by atoms with Crippen LogP contribution in [0.4, 0.5) is 4.79 Å². The summed E-state index contributed by atoms with van der Waals surface area (Å²) in [5, 5.41) is 2.43. The van der Waals surface area contributed by atoms with Gasteiger partial charge in [0.1, 0.15) is 0 Å². The van der Waals surface area contributed by atoms with E-state index in [0.717, 1.165) is 18.2 Å². The molecule has 0 saturated carbocycles. The quantitative estimate of drug-likeness (QED) is 0.604. The van der Waals surface area contributed by atoms with Crippen molar-refractivity contribution in [1.29, 1.82) is 0 Å². The Balaban J connectivity index is 2.41. The summed E-state index contributed by atoms with van der Waals surface area (Å²) in [6.07, 6.45) is 0.815. The Morgan fingerprint density at radius 3 is 2.60 bits per heavy atom. The first-order valence-electron chi connectivity index (χ1n) is 8.06. The lowest BCUT2D eigenvalue weighted by atomic mass is 10.1. The van der Waals surface area contributed by atoms with Crippen LogP contribution in [0.25, 0.3) is 10.9 Å². The normalized spacial score (nSPS) is 12.3. The molecule has 0 radical (unpaired) electrons. The summed E-state index contributed by atoms with van der Waals surface area (Å²) >= 11 is 1.13. The van der Waals surface area contributed by atoms with E-state index in [9.17, 15) is 14.4 Å². The average molecular weight is 362 g/mol. The molecule has 3 N–H and O–H groups in total. The van der Waals surface area contributed by atoms with Gasteiger partial charge in [-0.15, -0.1) is 0 Å². The number of benzene rings is 1. The highest BCUT2D eigenvalue weighted by molar-refractivity contribution is 8.00. The molecule has 134 valence electrons. The van der Waals surface area contributed by atoms with Crippen molar-refractivity contribution in [3.8, 4) is 0 Å². The monoisotopic (exact) mass is 362 g/mol. The number of carbonyl (C=O) groups is 2. The lowest BCUT2D eigenvalue weighted by Crippen LogP contribution is -2.39. The summed E-state index contributed by atoms with van der Waals surface area (Å²) in [4.78, 5) is 40.2. The van der Waals surface area contributed by atoms with E-state index in [4.69, 9.17) is 5.73 Å². The Morgan fingerprint density at radius 1 is 1.28 bits per heavy atom.